The zero-order valence-electron chi connectivity index (χ0n) is 31.7. The SMILES string of the molecule is CC(C)N(C(=O)c1cc(F)ccc1Oc1nncnc1N1CC[C@@H](CN2CC3(CCN(S(=O)(=O)N4C[C@@H]5C[C@H]4CN5C(=O)N(C)C)CC3)C2)C1)C(C)C. The summed E-state index contributed by atoms with van der Waals surface area (Å²) >= 11 is 0. The Hall–Kier alpha value is -3.67. The highest BCUT2D eigenvalue weighted by atomic mass is 32.2. The van der Waals surface area contributed by atoms with Crippen molar-refractivity contribution in [1.29, 1.82) is 0 Å². The van der Waals surface area contributed by atoms with E-state index in [1.165, 1.54) is 24.5 Å². The van der Waals surface area contributed by atoms with Gasteiger partial charge in [-0.2, -0.15) is 17.0 Å². The molecule has 3 atom stereocenters. The summed E-state index contributed by atoms with van der Waals surface area (Å²) in [4.78, 5) is 40.3. The number of hydrogen-bond donors (Lipinski definition) is 0. The molecule has 0 radical (unpaired) electrons. The van der Waals surface area contributed by atoms with E-state index >= 15 is 0 Å². The second kappa shape index (κ2) is 14.5. The summed E-state index contributed by atoms with van der Waals surface area (Å²) in [6, 6.07) is 3.48. The van der Waals surface area contributed by atoms with Gasteiger partial charge in [0.05, 0.1) is 5.56 Å². The minimum Gasteiger partial charge on any atom is -0.434 e. The smallest absolute Gasteiger partial charge is 0.319 e. The number of carbonyl (C=O) groups is 2. The number of rotatable bonds is 10. The van der Waals surface area contributed by atoms with Gasteiger partial charge in [-0.15, -0.1) is 10.2 Å². The van der Waals surface area contributed by atoms with Crippen LogP contribution in [-0.4, -0.2) is 161 Å². The molecule has 5 aliphatic rings. The molecule has 0 aliphatic carbocycles. The van der Waals surface area contributed by atoms with Crippen LogP contribution in [0.5, 0.6) is 11.6 Å². The molecule has 2 bridgehead atoms. The Bertz CT molecular complexity index is 1790. The molecule has 3 amide bonds. The summed E-state index contributed by atoms with van der Waals surface area (Å²) in [7, 11) is -0.111. The van der Waals surface area contributed by atoms with E-state index in [1.54, 1.807) is 32.5 Å². The molecule has 2 aromatic rings. The van der Waals surface area contributed by atoms with Crippen molar-refractivity contribution < 1.29 is 27.1 Å². The van der Waals surface area contributed by atoms with Crippen molar-refractivity contribution in [3.8, 4) is 11.6 Å². The Morgan fingerprint density at radius 1 is 1.02 bits per heavy atom. The Balaban J connectivity index is 0.916. The normalized spacial score (nSPS) is 24.7. The van der Waals surface area contributed by atoms with E-state index in [-0.39, 0.29) is 58.7 Å². The quantitative estimate of drug-likeness (QED) is 0.356. The number of amides is 3. The first-order chi connectivity index (χ1) is 25.2. The van der Waals surface area contributed by atoms with E-state index in [0.717, 1.165) is 52.0 Å². The van der Waals surface area contributed by atoms with Crippen molar-refractivity contribution in [3.05, 3.63) is 35.9 Å². The molecule has 5 fully saturated rings. The van der Waals surface area contributed by atoms with Gasteiger partial charge in [-0.1, -0.05) is 0 Å². The summed E-state index contributed by atoms with van der Waals surface area (Å²) in [6.45, 7) is 14.0. The van der Waals surface area contributed by atoms with E-state index in [9.17, 15) is 22.4 Å². The lowest BCUT2D eigenvalue weighted by Gasteiger charge is -2.54. The van der Waals surface area contributed by atoms with Crippen LogP contribution >= 0.6 is 0 Å². The van der Waals surface area contributed by atoms with Crippen LogP contribution in [0.1, 0.15) is 63.7 Å². The lowest BCUT2D eigenvalue weighted by atomic mass is 9.72. The largest absolute Gasteiger partial charge is 0.434 e. The molecule has 17 heteroatoms. The second-order valence-corrected chi connectivity index (χ2v) is 18.2. The molecular weight excluding hydrogens is 704 g/mol. The summed E-state index contributed by atoms with van der Waals surface area (Å²) in [5, 5.41) is 8.18. The fourth-order valence-electron chi connectivity index (χ4n) is 9.24. The minimum absolute atomic E-state index is 0.0517. The Morgan fingerprint density at radius 2 is 1.74 bits per heavy atom. The summed E-state index contributed by atoms with van der Waals surface area (Å²) < 4.78 is 51.3. The number of piperazine rings is 1. The van der Waals surface area contributed by atoms with Crippen molar-refractivity contribution in [3.63, 3.8) is 0 Å². The van der Waals surface area contributed by atoms with Gasteiger partial charge in [0.25, 0.3) is 22.0 Å². The molecule has 0 saturated carbocycles. The van der Waals surface area contributed by atoms with Gasteiger partial charge >= 0.3 is 6.03 Å². The van der Waals surface area contributed by atoms with Gasteiger partial charge in [-0.05, 0) is 82.9 Å². The van der Waals surface area contributed by atoms with Gasteiger partial charge in [0, 0.05) is 97.2 Å². The third-order valence-electron chi connectivity index (χ3n) is 11.7. The first kappa shape index (κ1) is 37.6. The number of piperidine rings is 1. The van der Waals surface area contributed by atoms with Crippen LogP contribution in [0.15, 0.2) is 24.5 Å². The number of carbonyl (C=O) groups excluding carboxylic acids is 2. The van der Waals surface area contributed by atoms with E-state index in [0.29, 0.717) is 44.3 Å². The number of halogens is 1. The van der Waals surface area contributed by atoms with Gasteiger partial charge in [-0.25, -0.2) is 14.2 Å². The monoisotopic (exact) mass is 756 g/mol. The fraction of sp³-hybridized carbons (Fsp3) is 0.694. The molecule has 5 saturated heterocycles. The highest BCUT2D eigenvalue weighted by Gasteiger charge is 2.53. The van der Waals surface area contributed by atoms with Gasteiger partial charge in [0.2, 0.25) is 0 Å². The van der Waals surface area contributed by atoms with Gasteiger partial charge in [-0.3, -0.25) is 4.79 Å². The lowest BCUT2D eigenvalue weighted by molar-refractivity contribution is -0.0414. The fourth-order valence-corrected chi connectivity index (χ4v) is 11.1. The zero-order chi connectivity index (χ0) is 37.8. The van der Waals surface area contributed by atoms with E-state index in [1.807, 2.05) is 32.6 Å². The van der Waals surface area contributed by atoms with Crippen molar-refractivity contribution >= 4 is 28.0 Å². The maximum absolute atomic E-state index is 14.4. The molecule has 1 spiro atoms. The standard InChI is InChI=1S/C36H53FN10O5S/c1-24(2)47(25(3)4)34(48)30-15-27(37)7-8-31(30)52-33-32(38-23-39-40-33)43-12-9-26(18-43)17-42-21-36(22-42)10-13-44(14-11-36)53(50,51)46-20-28-16-29(46)19-45(28)35(49)41(5)6/h7-8,15,23-26,28-29H,9-14,16-22H2,1-6H3/t26-,28-,29-/m0/s1. The number of ether oxygens (including phenoxy) is 1. The Morgan fingerprint density at radius 3 is 2.38 bits per heavy atom. The van der Waals surface area contributed by atoms with Crippen LogP contribution in [0.25, 0.3) is 0 Å². The van der Waals surface area contributed by atoms with Crippen LogP contribution in [-0.2, 0) is 10.2 Å². The maximum atomic E-state index is 14.4. The van der Waals surface area contributed by atoms with Crippen LogP contribution in [0.3, 0.4) is 0 Å². The van der Waals surface area contributed by atoms with Gasteiger partial charge in [0.1, 0.15) is 17.9 Å². The third kappa shape index (κ3) is 7.29. The molecule has 6 heterocycles. The number of nitrogens with zero attached hydrogens (tertiary/aromatic N) is 10. The molecule has 15 nitrogen and oxygen atoms in total. The zero-order valence-corrected chi connectivity index (χ0v) is 32.5. The van der Waals surface area contributed by atoms with Crippen LogP contribution in [0.2, 0.25) is 0 Å². The van der Waals surface area contributed by atoms with Crippen LogP contribution in [0.4, 0.5) is 15.0 Å². The topological polar surface area (TPSA) is 139 Å². The highest BCUT2D eigenvalue weighted by Crippen LogP contribution is 2.43. The molecule has 290 valence electrons. The van der Waals surface area contributed by atoms with Crippen molar-refractivity contribution in [2.45, 2.75) is 77.5 Å². The van der Waals surface area contributed by atoms with E-state index < -0.39 is 16.0 Å². The highest BCUT2D eigenvalue weighted by molar-refractivity contribution is 7.86. The molecule has 0 unspecified atom stereocenters. The number of anilines is 1. The van der Waals surface area contributed by atoms with E-state index in [4.69, 9.17) is 4.74 Å². The maximum Gasteiger partial charge on any atom is 0.319 e. The number of fused-ring (bicyclic) bond motifs is 2. The van der Waals surface area contributed by atoms with Crippen molar-refractivity contribution in [2.24, 2.45) is 11.3 Å². The molecule has 7 rings (SSSR count). The number of benzene rings is 1. The minimum atomic E-state index is -3.57. The predicted octanol–water partition coefficient (Wildman–Crippen LogP) is 2.97. The average Bonchev–Trinajstić information content (AvgIpc) is 3.85. The number of aromatic nitrogens is 3. The number of hydrogen-bond acceptors (Lipinski definition) is 10. The number of likely N-dealkylation sites (tertiary alicyclic amines) is 2. The lowest BCUT2D eigenvalue weighted by Crippen LogP contribution is -2.63. The van der Waals surface area contributed by atoms with Crippen molar-refractivity contribution in [1.82, 2.24) is 43.4 Å². The van der Waals surface area contributed by atoms with Gasteiger partial charge < -0.3 is 29.2 Å². The van der Waals surface area contributed by atoms with Crippen LogP contribution < -0.4 is 9.64 Å². The molecule has 1 aromatic heterocycles. The first-order valence-electron chi connectivity index (χ1n) is 18.9. The van der Waals surface area contributed by atoms with Gasteiger partial charge in [0.15, 0.2) is 5.82 Å². The Kier molecular flexibility index (Phi) is 10.3. The molecule has 1 aromatic carbocycles. The summed E-state index contributed by atoms with van der Waals surface area (Å²) in [5.41, 5.74) is 0.261. The molecule has 0 N–H and O–H groups in total. The first-order valence-corrected chi connectivity index (χ1v) is 20.3. The average molecular weight is 757 g/mol. The summed E-state index contributed by atoms with van der Waals surface area (Å²) in [6.07, 6.45) is 4.75. The Labute approximate surface area is 312 Å². The number of urea groups is 1. The third-order valence-corrected chi connectivity index (χ3v) is 13.8. The molecule has 5 aliphatic heterocycles. The second-order valence-electron chi connectivity index (χ2n) is 16.4. The van der Waals surface area contributed by atoms with Crippen molar-refractivity contribution in [2.75, 3.05) is 77.9 Å². The van der Waals surface area contributed by atoms with E-state index in [2.05, 4.69) is 25.0 Å². The molecular formula is C36H53FN10O5S. The predicted molar refractivity (Wildman–Crippen MR) is 196 cm³/mol. The van der Waals surface area contributed by atoms with Crippen LogP contribution in [0, 0.1) is 17.2 Å². The molecule has 53 heavy (non-hydrogen) atoms. The summed E-state index contributed by atoms with van der Waals surface area (Å²) in [5.74, 6) is 0.438.